The number of aromatic nitrogens is 1. The fourth-order valence-corrected chi connectivity index (χ4v) is 4.36. The van der Waals surface area contributed by atoms with Crippen molar-refractivity contribution in [3.05, 3.63) is 35.9 Å². The normalized spacial score (nSPS) is 17.3. The van der Waals surface area contributed by atoms with E-state index in [1.807, 2.05) is 24.3 Å². The number of pyridine rings is 1. The molecule has 1 aromatic heterocycles. The average molecular weight is 413 g/mol. The number of para-hydroxylation sites is 1. The Kier molecular flexibility index (Phi) is 5.71. The number of hydrogen-bond donors (Lipinski definition) is 2. The van der Waals surface area contributed by atoms with Gasteiger partial charge in [-0.05, 0) is 37.8 Å². The molecule has 152 valence electrons. The molecule has 2 heterocycles. The Morgan fingerprint density at radius 3 is 2.55 bits per heavy atom. The van der Waals surface area contributed by atoms with Crippen molar-refractivity contribution < 1.29 is 14.4 Å². The van der Waals surface area contributed by atoms with Crippen molar-refractivity contribution >= 4 is 40.4 Å². The van der Waals surface area contributed by atoms with Gasteiger partial charge >= 0.3 is 0 Å². The van der Waals surface area contributed by atoms with Crippen LogP contribution in [0, 0.1) is 5.92 Å². The maximum Gasteiger partial charge on any atom is 0.252 e. The van der Waals surface area contributed by atoms with Crippen LogP contribution < -0.4 is 11.1 Å². The number of hydrogen-bond acceptors (Lipinski definition) is 5. The van der Waals surface area contributed by atoms with Crippen molar-refractivity contribution in [3.8, 4) is 0 Å². The molecule has 2 aliphatic rings. The third kappa shape index (κ3) is 4.70. The monoisotopic (exact) mass is 412 g/mol. The first kappa shape index (κ1) is 19.7. The van der Waals surface area contributed by atoms with Gasteiger partial charge < -0.3 is 16.0 Å². The van der Waals surface area contributed by atoms with Crippen LogP contribution >= 0.6 is 11.8 Å². The lowest BCUT2D eigenvalue weighted by Crippen LogP contribution is -2.42. The summed E-state index contributed by atoms with van der Waals surface area (Å²) < 4.78 is 0. The van der Waals surface area contributed by atoms with Gasteiger partial charge in [0.05, 0.1) is 21.9 Å². The number of benzene rings is 1. The number of carbonyl (C=O) groups is 3. The molecule has 1 aliphatic heterocycles. The number of fused-ring (bicyclic) bond motifs is 1. The molecule has 2 aromatic rings. The van der Waals surface area contributed by atoms with Gasteiger partial charge in [0.1, 0.15) is 0 Å². The molecule has 3 N–H and O–H groups in total. The molecule has 0 unspecified atom stereocenters. The second-order valence-corrected chi connectivity index (χ2v) is 8.61. The Bertz CT molecular complexity index is 952. The van der Waals surface area contributed by atoms with Crippen LogP contribution in [-0.2, 0) is 9.59 Å². The minimum Gasteiger partial charge on any atom is -0.369 e. The Balaban J connectivity index is 1.44. The van der Waals surface area contributed by atoms with Crippen molar-refractivity contribution in [3.63, 3.8) is 0 Å². The molecule has 3 amide bonds. The molecule has 7 nitrogen and oxygen atoms in total. The van der Waals surface area contributed by atoms with E-state index in [2.05, 4.69) is 10.3 Å². The summed E-state index contributed by atoms with van der Waals surface area (Å²) in [6, 6.07) is 9.60. The molecule has 2 fully saturated rings. The highest BCUT2D eigenvalue weighted by molar-refractivity contribution is 7.99. The molecule has 0 radical (unpaired) electrons. The summed E-state index contributed by atoms with van der Waals surface area (Å²) in [6.07, 6.45) is 3.28. The summed E-state index contributed by atoms with van der Waals surface area (Å²) in [5.41, 5.74) is 6.69. The van der Waals surface area contributed by atoms with Crippen molar-refractivity contribution in [2.24, 2.45) is 11.7 Å². The van der Waals surface area contributed by atoms with Crippen molar-refractivity contribution in [2.45, 2.75) is 36.8 Å². The predicted molar refractivity (Wildman–Crippen MR) is 111 cm³/mol. The van der Waals surface area contributed by atoms with Gasteiger partial charge in [0.15, 0.2) is 0 Å². The molecule has 1 aromatic carbocycles. The number of nitrogens with zero attached hydrogens (tertiary/aromatic N) is 2. The van der Waals surface area contributed by atoms with Crippen LogP contribution in [0.2, 0.25) is 0 Å². The molecule has 0 bridgehead atoms. The minimum atomic E-state index is -0.288. The fourth-order valence-electron chi connectivity index (χ4n) is 3.54. The first-order valence-corrected chi connectivity index (χ1v) is 10.9. The van der Waals surface area contributed by atoms with E-state index in [9.17, 15) is 14.4 Å². The average Bonchev–Trinajstić information content (AvgIpc) is 3.55. The zero-order valence-electron chi connectivity index (χ0n) is 16.1. The molecule has 1 saturated heterocycles. The molecule has 0 atom stereocenters. The number of thioether (sulfide) groups is 1. The van der Waals surface area contributed by atoms with E-state index in [1.165, 1.54) is 11.8 Å². The number of nitrogens with two attached hydrogens (primary N) is 1. The molecular weight excluding hydrogens is 388 g/mol. The minimum absolute atomic E-state index is 0.0110. The predicted octanol–water partition coefficient (Wildman–Crippen LogP) is 1.94. The van der Waals surface area contributed by atoms with Gasteiger partial charge in [-0.25, -0.2) is 4.98 Å². The van der Waals surface area contributed by atoms with Crippen molar-refractivity contribution in [1.82, 2.24) is 15.2 Å². The molecule has 4 rings (SSSR count). The number of primary amides is 1. The molecule has 29 heavy (non-hydrogen) atoms. The summed E-state index contributed by atoms with van der Waals surface area (Å²) in [6.45, 7) is 1.10. The zero-order chi connectivity index (χ0) is 20.4. The summed E-state index contributed by atoms with van der Waals surface area (Å²) in [7, 11) is 0. The Morgan fingerprint density at radius 1 is 1.14 bits per heavy atom. The van der Waals surface area contributed by atoms with E-state index in [0.29, 0.717) is 36.5 Å². The summed E-state index contributed by atoms with van der Waals surface area (Å²) >= 11 is 1.34. The smallest absolute Gasteiger partial charge is 0.252 e. The highest BCUT2D eigenvalue weighted by atomic mass is 32.2. The zero-order valence-corrected chi connectivity index (χ0v) is 16.9. The number of piperidine rings is 1. The first-order chi connectivity index (χ1) is 14.0. The van der Waals surface area contributed by atoms with Crippen LogP contribution in [0.3, 0.4) is 0 Å². The maximum absolute atomic E-state index is 12.7. The Labute approximate surface area is 173 Å². The number of amides is 3. The lowest BCUT2D eigenvalue weighted by atomic mass is 9.96. The molecular formula is C21H24N4O3S. The number of likely N-dealkylation sites (tertiary alicyclic amines) is 1. The van der Waals surface area contributed by atoms with Gasteiger partial charge in [0.25, 0.3) is 5.91 Å². The molecule has 1 aliphatic carbocycles. The maximum atomic E-state index is 12.7. The SMILES string of the molecule is NC(=O)C1CCN(C(=O)CSc2cc(C(=O)NC3CC3)c3ccccc3n2)CC1. The van der Waals surface area contributed by atoms with Crippen LogP contribution in [0.4, 0.5) is 0 Å². The van der Waals surface area contributed by atoms with Gasteiger partial charge in [-0.3, -0.25) is 14.4 Å². The highest BCUT2D eigenvalue weighted by Crippen LogP contribution is 2.27. The van der Waals surface area contributed by atoms with E-state index in [-0.39, 0.29) is 35.4 Å². The Morgan fingerprint density at radius 2 is 1.86 bits per heavy atom. The van der Waals surface area contributed by atoms with E-state index in [0.717, 1.165) is 23.7 Å². The van der Waals surface area contributed by atoms with Gasteiger partial charge in [0, 0.05) is 30.4 Å². The van der Waals surface area contributed by atoms with Crippen LogP contribution in [0.25, 0.3) is 10.9 Å². The van der Waals surface area contributed by atoms with E-state index in [4.69, 9.17) is 5.73 Å². The van der Waals surface area contributed by atoms with E-state index in [1.54, 1.807) is 11.0 Å². The standard InChI is InChI=1S/C21H24N4O3S/c22-20(27)13-7-9-25(10-8-13)19(26)12-29-18-11-16(21(28)23-14-5-6-14)15-3-1-2-4-17(15)24-18/h1-4,11,13-14H,5-10,12H2,(H2,22,27)(H,23,28). The van der Waals surface area contributed by atoms with Crippen molar-refractivity contribution in [1.29, 1.82) is 0 Å². The Hall–Kier alpha value is -2.61. The topological polar surface area (TPSA) is 105 Å². The molecule has 8 heteroatoms. The quantitative estimate of drug-likeness (QED) is 0.706. The fraction of sp³-hybridized carbons (Fsp3) is 0.429. The third-order valence-electron chi connectivity index (χ3n) is 5.44. The third-order valence-corrected chi connectivity index (χ3v) is 6.34. The lowest BCUT2D eigenvalue weighted by Gasteiger charge is -2.30. The molecule has 1 saturated carbocycles. The van der Waals surface area contributed by atoms with E-state index < -0.39 is 0 Å². The number of nitrogens with one attached hydrogen (secondary N) is 1. The van der Waals surface area contributed by atoms with Crippen LogP contribution in [-0.4, -0.2) is 52.5 Å². The largest absolute Gasteiger partial charge is 0.369 e. The summed E-state index contributed by atoms with van der Waals surface area (Å²) in [5, 5.41) is 4.50. The second kappa shape index (κ2) is 8.41. The molecule has 0 spiro atoms. The van der Waals surface area contributed by atoms with Gasteiger partial charge in [-0.15, -0.1) is 0 Å². The van der Waals surface area contributed by atoms with Crippen LogP contribution in [0.5, 0.6) is 0 Å². The lowest BCUT2D eigenvalue weighted by molar-refractivity contribution is -0.132. The number of carbonyl (C=O) groups excluding carboxylic acids is 3. The summed E-state index contributed by atoms with van der Waals surface area (Å²) in [4.78, 5) is 42.9. The van der Waals surface area contributed by atoms with Crippen molar-refractivity contribution in [2.75, 3.05) is 18.8 Å². The summed E-state index contributed by atoms with van der Waals surface area (Å²) in [5.74, 6) is -0.258. The van der Waals surface area contributed by atoms with Gasteiger partial charge in [-0.2, -0.15) is 0 Å². The first-order valence-electron chi connectivity index (χ1n) is 9.92. The van der Waals surface area contributed by atoms with E-state index >= 15 is 0 Å². The van der Waals surface area contributed by atoms with Gasteiger partial charge in [0.2, 0.25) is 11.8 Å². The highest BCUT2D eigenvalue weighted by Gasteiger charge is 2.27. The van der Waals surface area contributed by atoms with Gasteiger partial charge in [-0.1, -0.05) is 30.0 Å². The number of rotatable bonds is 6. The second-order valence-electron chi connectivity index (χ2n) is 7.62. The van der Waals surface area contributed by atoms with Crippen LogP contribution in [0.15, 0.2) is 35.4 Å². The van der Waals surface area contributed by atoms with Crippen LogP contribution in [0.1, 0.15) is 36.0 Å².